The van der Waals surface area contributed by atoms with Crippen molar-refractivity contribution in [2.24, 2.45) is 5.92 Å². The summed E-state index contributed by atoms with van der Waals surface area (Å²) in [5, 5.41) is 0. The molecule has 0 spiro atoms. The van der Waals surface area contributed by atoms with E-state index in [1.54, 1.807) is 7.11 Å². The molecule has 2 rings (SSSR count). The second kappa shape index (κ2) is 20.2. The Bertz CT molecular complexity index is 799. The lowest BCUT2D eigenvalue weighted by Gasteiger charge is -2.24. The Kier molecular flexibility index (Phi) is 17.2. The van der Waals surface area contributed by atoms with E-state index in [0.717, 1.165) is 31.6 Å². The van der Waals surface area contributed by atoms with E-state index >= 15 is 0 Å². The number of methoxy groups -OCH3 is 1. The SMILES string of the molecule is CCCCCCCCCCCCCCCCCCCC(=O)N(C)CCC1=C[C@@H](C)Cc2ccc(OC)cc21. The summed E-state index contributed by atoms with van der Waals surface area (Å²) in [5.41, 5.74) is 4.06. The van der Waals surface area contributed by atoms with E-state index in [0.29, 0.717) is 18.2 Å². The van der Waals surface area contributed by atoms with Crippen molar-refractivity contribution >= 4 is 11.5 Å². The molecule has 1 aliphatic rings. The summed E-state index contributed by atoms with van der Waals surface area (Å²) in [6.07, 6.45) is 28.3. The minimum Gasteiger partial charge on any atom is -0.497 e. The number of fused-ring (bicyclic) bond motifs is 1. The topological polar surface area (TPSA) is 29.5 Å². The Morgan fingerprint density at radius 2 is 1.37 bits per heavy atom. The Labute approximate surface area is 235 Å². The normalized spacial score (nSPS) is 14.7. The fraction of sp³-hybridized carbons (Fsp3) is 0.743. The number of nitrogens with zero attached hydrogens (tertiary/aromatic N) is 1. The van der Waals surface area contributed by atoms with Crippen LogP contribution in [0.2, 0.25) is 0 Å². The van der Waals surface area contributed by atoms with Crippen LogP contribution < -0.4 is 4.74 Å². The molecule has 0 saturated carbocycles. The maximum Gasteiger partial charge on any atom is 0.222 e. The zero-order valence-corrected chi connectivity index (χ0v) is 25.5. The van der Waals surface area contributed by atoms with E-state index < -0.39 is 0 Å². The first kappa shape index (κ1) is 32.4. The van der Waals surface area contributed by atoms with Crippen LogP contribution in [0.15, 0.2) is 24.3 Å². The number of rotatable bonds is 22. The number of amides is 1. The van der Waals surface area contributed by atoms with Crippen molar-refractivity contribution in [1.29, 1.82) is 0 Å². The van der Waals surface area contributed by atoms with Gasteiger partial charge in [0.1, 0.15) is 5.75 Å². The Hall–Kier alpha value is -1.77. The smallest absolute Gasteiger partial charge is 0.222 e. The molecule has 0 bridgehead atoms. The molecule has 1 amide bonds. The van der Waals surface area contributed by atoms with Crippen molar-refractivity contribution in [2.75, 3.05) is 20.7 Å². The van der Waals surface area contributed by atoms with Crippen LogP contribution in [0.4, 0.5) is 0 Å². The molecule has 0 radical (unpaired) electrons. The number of hydrogen-bond acceptors (Lipinski definition) is 2. The average molecular weight is 526 g/mol. The van der Waals surface area contributed by atoms with Crippen LogP contribution in [-0.4, -0.2) is 31.5 Å². The molecule has 0 N–H and O–H groups in total. The lowest BCUT2D eigenvalue weighted by Crippen LogP contribution is -2.28. The molecule has 38 heavy (non-hydrogen) atoms. The summed E-state index contributed by atoms with van der Waals surface area (Å²) in [6.45, 7) is 5.35. The van der Waals surface area contributed by atoms with Gasteiger partial charge >= 0.3 is 0 Å². The van der Waals surface area contributed by atoms with Crippen LogP contribution in [0.1, 0.15) is 147 Å². The van der Waals surface area contributed by atoms with Crippen LogP contribution >= 0.6 is 0 Å². The van der Waals surface area contributed by atoms with Gasteiger partial charge in [0.2, 0.25) is 5.91 Å². The molecule has 1 aromatic rings. The van der Waals surface area contributed by atoms with Gasteiger partial charge in [0.25, 0.3) is 0 Å². The number of carbonyl (C=O) groups excluding carboxylic acids is 1. The van der Waals surface area contributed by atoms with Crippen molar-refractivity contribution in [2.45, 2.75) is 142 Å². The fourth-order valence-electron chi connectivity index (χ4n) is 5.82. The molecule has 1 aliphatic carbocycles. The molecule has 0 aromatic heterocycles. The van der Waals surface area contributed by atoms with Gasteiger partial charge < -0.3 is 9.64 Å². The third-order valence-electron chi connectivity index (χ3n) is 8.33. The predicted octanol–water partition coefficient (Wildman–Crippen LogP) is 10.2. The standard InChI is InChI=1S/C35H59NO2/c1-5-6-7-8-9-10-11-12-13-14-15-16-17-18-19-20-21-22-35(37)36(3)26-25-32-28-30(2)27-31-23-24-33(38-4)29-34(31)32/h23-24,28-30H,5-22,25-27H2,1-4H3/t30-/m0/s1. The first-order valence-electron chi connectivity index (χ1n) is 16.2. The Balaban J connectivity index is 1.45. The van der Waals surface area contributed by atoms with Crippen molar-refractivity contribution in [3.8, 4) is 5.75 Å². The van der Waals surface area contributed by atoms with Crippen LogP contribution in [-0.2, 0) is 11.2 Å². The molecule has 1 atom stereocenters. The first-order valence-corrected chi connectivity index (χ1v) is 16.2. The zero-order valence-electron chi connectivity index (χ0n) is 25.5. The number of hydrogen-bond donors (Lipinski definition) is 0. The lowest BCUT2D eigenvalue weighted by molar-refractivity contribution is -0.129. The van der Waals surface area contributed by atoms with Crippen LogP contribution in [0.25, 0.3) is 5.57 Å². The molecule has 3 nitrogen and oxygen atoms in total. The van der Waals surface area contributed by atoms with Crippen molar-refractivity contribution in [1.82, 2.24) is 4.90 Å². The highest BCUT2D eigenvalue weighted by molar-refractivity contribution is 5.76. The van der Waals surface area contributed by atoms with Crippen molar-refractivity contribution in [3.05, 3.63) is 35.4 Å². The van der Waals surface area contributed by atoms with Crippen LogP contribution in [0.3, 0.4) is 0 Å². The highest BCUT2D eigenvalue weighted by Gasteiger charge is 2.18. The lowest BCUT2D eigenvalue weighted by atomic mass is 9.84. The predicted molar refractivity (Wildman–Crippen MR) is 165 cm³/mol. The molecule has 0 unspecified atom stereocenters. The molecule has 3 heteroatoms. The minimum absolute atomic E-state index is 0.293. The third kappa shape index (κ3) is 13.3. The summed E-state index contributed by atoms with van der Waals surface area (Å²) in [5.74, 6) is 1.75. The molecule has 0 heterocycles. The van der Waals surface area contributed by atoms with E-state index in [1.165, 1.54) is 119 Å². The molecule has 0 saturated heterocycles. The van der Waals surface area contributed by atoms with E-state index in [4.69, 9.17) is 4.74 Å². The van der Waals surface area contributed by atoms with Gasteiger partial charge in [-0.3, -0.25) is 4.79 Å². The van der Waals surface area contributed by atoms with Gasteiger partial charge in [-0.2, -0.15) is 0 Å². The molecule has 0 fully saturated rings. The quantitative estimate of drug-likeness (QED) is 0.141. The molecule has 0 aliphatic heterocycles. The van der Waals surface area contributed by atoms with Crippen molar-refractivity contribution in [3.63, 3.8) is 0 Å². The number of carbonyl (C=O) groups is 1. The molecular formula is C35H59NO2. The maximum atomic E-state index is 12.7. The molecule has 216 valence electrons. The third-order valence-corrected chi connectivity index (χ3v) is 8.33. The Morgan fingerprint density at radius 1 is 0.842 bits per heavy atom. The van der Waals surface area contributed by atoms with Crippen LogP contribution in [0.5, 0.6) is 5.75 Å². The fourth-order valence-corrected chi connectivity index (χ4v) is 5.82. The van der Waals surface area contributed by atoms with Crippen molar-refractivity contribution < 1.29 is 9.53 Å². The van der Waals surface area contributed by atoms with Gasteiger partial charge in [-0.15, -0.1) is 0 Å². The average Bonchev–Trinajstić information content (AvgIpc) is 2.92. The van der Waals surface area contributed by atoms with E-state index in [-0.39, 0.29) is 0 Å². The van der Waals surface area contributed by atoms with Gasteiger partial charge in [0, 0.05) is 20.0 Å². The molecule has 1 aromatic carbocycles. The summed E-state index contributed by atoms with van der Waals surface area (Å²) in [4.78, 5) is 14.6. The monoisotopic (exact) mass is 525 g/mol. The summed E-state index contributed by atoms with van der Waals surface area (Å²) in [7, 11) is 3.69. The van der Waals surface area contributed by atoms with Gasteiger partial charge in [-0.05, 0) is 54.0 Å². The number of benzene rings is 1. The second-order valence-corrected chi connectivity index (χ2v) is 11.9. The summed E-state index contributed by atoms with van der Waals surface area (Å²) >= 11 is 0. The van der Waals surface area contributed by atoms with Gasteiger partial charge in [0.15, 0.2) is 0 Å². The zero-order chi connectivity index (χ0) is 27.4. The highest BCUT2D eigenvalue weighted by Crippen LogP contribution is 2.34. The maximum absolute atomic E-state index is 12.7. The first-order chi connectivity index (χ1) is 18.5. The molecular weight excluding hydrogens is 466 g/mol. The minimum atomic E-state index is 0.293. The van der Waals surface area contributed by atoms with Gasteiger partial charge in [0.05, 0.1) is 7.11 Å². The van der Waals surface area contributed by atoms with E-state index in [2.05, 4.69) is 38.1 Å². The van der Waals surface area contributed by atoms with Gasteiger partial charge in [-0.1, -0.05) is 129 Å². The number of ether oxygens (including phenoxy) is 1. The summed E-state index contributed by atoms with van der Waals surface area (Å²) < 4.78 is 5.45. The van der Waals surface area contributed by atoms with Crippen LogP contribution in [0, 0.1) is 5.92 Å². The van der Waals surface area contributed by atoms with E-state index in [9.17, 15) is 4.79 Å². The number of unbranched alkanes of at least 4 members (excludes halogenated alkanes) is 16. The largest absolute Gasteiger partial charge is 0.497 e. The second-order valence-electron chi connectivity index (χ2n) is 11.9. The highest BCUT2D eigenvalue weighted by atomic mass is 16.5. The summed E-state index contributed by atoms with van der Waals surface area (Å²) in [6, 6.07) is 6.42. The van der Waals surface area contributed by atoms with E-state index in [1.807, 2.05) is 11.9 Å². The van der Waals surface area contributed by atoms with Gasteiger partial charge in [-0.25, -0.2) is 0 Å². The Morgan fingerprint density at radius 3 is 1.89 bits per heavy atom. The number of allylic oxidation sites excluding steroid dienone is 1.